The number of H-pyrrole nitrogens is 1. The lowest BCUT2D eigenvalue weighted by atomic mass is 10.2. The molecule has 0 radical (unpaired) electrons. The molecule has 2 N–H and O–H groups in total. The summed E-state index contributed by atoms with van der Waals surface area (Å²) >= 11 is 0. The minimum absolute atomic E-state index is 0.0494. The molecule has 14 heteroatoms. The van der Waals surface area contributed by atoms with E-state index < -0.39 is 11.7 Å². The van der Waals surface area contributed by atoms with E-state index in [2.05, 4.69) is 30.5 Å². The topological polar surface area (TPSA) is 129 Å². The quantitative estimate of drug-likeness (QED) is 0.496. The number of amides is 1. The number of carbonyl (C=O) groups is 1. The van der Waals surface area contributed by atoms with Crippen molar-refractivity contribution in [3.05, 3.63) is 58.3 Å². The lowest BCUT2D eigenvalue weighted by Crippen LogP contribution is -2.51. The number of hydrogen-bond acceptors (Lipinski definition) is 9. The number of nitrogens with zero attached hydrogens (tertiary/aromatic N) is 6. The largest absolute Gasteiger partial charge is 0.475 e. The van der Waals surface area contributed by atoms with Gasteiger partial charge in [-0.3, -0.25) is 14.5 Å². The van der Waals surface area contributed by atoms with Gasteiger partial charge in [0.15, 0.2) is 0 Å². The van der Waals surface area contributed by atoms with Crippen LogP contribution in [0.1, 0.15) is 18.1 Å². The second-order valence-corrected chi connectivity index (χ2v) is 8.16. The minimum atomic E-state index is -4.53. The number of halogens is 3. The highest BCUT2D eigenvalue weighted by Gasteiger charge is 2.32. The van der Waals surface area contributed by atoms with Gasteiger partial charge in [-0.1, -0.05) is 6.07 Å². The third kappa shape index (κ3) is 5.70. The molecular formula is C22H23F3N8O3. The summed E-state index contributed by atoms with van der Waals surface area (Å²) in [5.74, 6) is 0.444. The van der Waals surface area contributed by atoms with Crippen LogP contribution >= 0.6 is 0 Å². The number of ether oxygens (including phenoxy) is 1. The maximum absolute atomic E-state index is 12.8. The molecule has 0 bridgehead atoms. The molecule has 0 saturated carbocycles. The first-order valence-corrected chi connectivity index (χ1v) is 11.0. The number of hydrogen-bond donors (Lipinski definition) is 2. The van der Waals surface area contributed by atoms with E-state index >= 15 is 0 Å². The summed E-state index contributed by atoms with van der Waals surface area (Å²) in [7, 11) is 0. The summed E-state index contributed by atoms with van der Waals surface area (Å²) in [5.41, 5.74) is -0.128. The summed E-state index contributed by atoms with van der Waals surface area (Å²) in [6.45, 7) is 4.23. The molecule has 1 fully saturated rings. The van der Waals surface area contributed by atoms with Gasteiger partial charge in [-0.25, -0.2) is 15.1 Å². The van der Waals surface area contributed by atoms with E-state index in [0.29, 0.717) is 41.9 Å². The Kier molecular flexibility index (Phi) is 7.03. The van der Waals surface area contributed by atoms with E-state index in [4.69, 9.17) is 4.74 Å². The standard InChI is InChI=1S/C22H23F3N8O3/c1-13(29-16-10-28-31-20(35)14(16)2)12-36-18-5-3-4-17(30-18)33-7-6-32(11-19(33)34)21-26-8-15(9-27-21)22(23,24)25/h3-5,8-10,13H,6-7,11-12H2,1-2H3,(H2,29,31,35)/t13-/m0/s1. The van der Waals surface area contributed by atoms with Crippen LogP contribution in [-0.2, 0) is 11.0 Å². The molecule has 0 aliphatic carbocycles. The highest BCUT2D eigenvalue weighted by atomic mass is 19.4. The van der Waals surface area contributed by atoms with Crippen LogP contribution in [0.5, 0.6) is 5.88 Å². The van der Waals surface area contributed by atoms with Crippen molar-refractivity contribution in [2.75, 3.05) is 41.4 Å². The van der Waals surface area contributed by atoms with Gasteiger partial charge < -0.3 is 15.0 Å². The van der Waals surface area contributed by atoms with Crippen LogP contribution in [-0.4, -0.2) is 63.3 Å². The molecule has 1 aliphatic heterocycles. The maximum atomic E-state index is 12.8. The zero-order valence-electron chi connectivity index (χ0n) is 19.4. The van der Waals surface area contributed by atoms with Crippen molar-refractivity contribution in [2.24, 2.45) is 0 Å². The number of pyridine rings is 1. The van der Waals surface area contributed by atoms with Crippen LogP contribution in [0, 0.1) is 6.92 Å². The van der Waals surface area contributed by atoms with Crippen molar-refractivity contribution >= 4 is 23.4 Å². The predicted molar refractivity (Wildman–Crippen MR) is 124 cm³/mol. The first-order valence-electron chi connectivity index (χ1n) is 11.0. The molecule has 4 rings (SSSR count). The van der Waals surface area contributed by atoms with Crippen LogP contribution < -0.4 is 25.4 Å². The summed E-state index contributed by atoms with van der Waals surface area (Å²) in [5, 5.41) is 9.30. The van der Waals surface area contributed by atoms with E-state index in [1.807, 2.05) is 6.92 Å². The second-order valence-electron chi connectivity index (χ2n) is 8.16. The fourth-order valence-electron chi connectivity index (χ4n) is 3.47. The van der Waals surface area contributed by atoms with Crippen LogP contribution in [0.2, 0.25) is 0 Å². The first kappa shape index (κ1) is 24.9. The van der Waals surface area contributed by atoms with E-state index in [0.717, 1.165) is 0 Å². The molecule has 3 aromatic rings. The number of piperazine rings is 1. The molecule has 1 aliphatic rings. The number of aromatic amines is 1. The van der Waals surface area contributed by atoms with Gasteiger partial charge in [0.05, 0.1) is 23.5 Å². The molecule has 4 heterocycles. The zero-order valence-corrected chi connectivity index (χ0v) is 19.4. The zero-order chi connectivity index (χ0) is 25.9. The minimum Gasteiger partial charge on any atom is -0.475 e. The lowest BCUT2D eigenvalue weighted by Gasteiger charge is -2.33. The Balaban J connectivity index is 1.35. The van der Waals surface area contributed by atoms with Gasteiger partial charge in [0, 0.05) is 37.1 Å². The van der Waals surface area contributed by atoms with Crippen molar-refractivity contribution in [1.29, 1.82) is 0 Å². The number of aromatic nitrogens is 5. The van der Waals surface area contributed by atoms with Crippen molar-refractivity contribution < 1.29 is 22.7 Å². The predicted octanol–water partition coefficient (Wildman–Crippen LogP) is 2.01. The second kappa shape index (κ2) is 10.2. The number of rotatable bonds is 7. The first-order chi connectivity index (χ1) is 17.1. The van der Waals surface area contributed by atoms with Gasteiger partial charge in [-0.05, 0) is 19.9 Å². The highest BCUT2D eigenvalue weighted by molar-refractivity contribution is 5.96. The monoisotopic (exact) mass is 504 g/mol. The van der Waals surface area contributed by atoms with Gasteiger partial charge in [0.2, 0.25) is 17.7 Å². The van der Waals surface area contributed by atoms with E-state index in [1.54, 1.807) is 25.1 Å². The Morgan fingerprint density at radius 1 is 1.17 bits per heavy atom. The van der Waals surface area contributed by atoms with E-state index in [9.17, 15) is 22.8 Å². The van der Waals surface area contributed by atoms with Gasteiger partial charge in [0.1, 0.15) is 19.0 Å². The average molecular weight is 504 g/mol. The molecule has 11 nitrogen and oxygen atoms in total. The van der Waals surface area contributed by atoms with Crippen molar-refractivity contribution in [3.8, 4) is 5.88 Å². The number of carbonyl (C=O) groups excluding carboxylic acids is 1. The van der Waals surface area contributed by atoms with Crippen molar-refractivity contribution in [1.82, 2.24) is 25.1 Å². The summed E-state index contributed by atoms with van der Waals surface area (Å²) in [6.07, 6.45) is -1.61. The Morgan fingerprint density at radius 2 is 1.92 bits per heavy atom. The fourth-order valence-corrected chi connectivity index (χ4v) is 3.47. The molecule has 1 saturated heterocycles. The summed E-state index contributed by atoms with van der Waals surface area (Å²) < 4.78 is 44.0. The molecular weight excluding hydrogens is 481 g/mol. The molecule has 0 spiro atoms. The Bertz CT molecular complexity index is 1280. The van der Waals surface area contributed by atoms with Crippen molar-refractivity contribution in [2.45, 2.75) is 26.1 Å². The lowest BCUT2D eigenvalue weighted by molar-refractivity contribution is -0.138. The van der Waals surface area contributed by atoms with Gasteiger partial charge in [-0.2, -0.15) is 23.3 Å². The molecule has 190 valence electrons. The van der Waals surface area contributed by atoms with Crippen LogP contribution in [0.15, 0.2) is 41.6 Å². The molecule has 1 amide bonds. The molecule has 36 heavy (non-hydrogen) atoms. The van der Waals surface area contributed by atoms with E-state index in [-0.39, 0.29) is 43.2 Å². The Morgan fingerprint density at radius 3 is 2.61 bits per heavy atom. The third-order valence-electron chi connectivity index (χ3n) is 5.44. The molecule has 1 atom stereocenters. The highest BCUT2D eigenvalue weighted by Crippen LogP contribution is 2.28. The van der Waals surface area contributed by atoms with Crippen LogP contribution in [0.25, 0.3) is 0 Å². The van der Waals surface area contributed by atoms with Gasteiger partial charge in [-0.15, -0.1) is 0 Å². The summed E-state index contributed by atoms with van der Waals surface area (Å²) in [4.78, 5) is 39.4. The fraction of sp³-hybridized carbons (Fsp3) is 0.364. The molecule has 0 aromatic carbocycles. The Hall–Kier alpha value is -4.23. The maximum Gasteiger partial charge on any atom is 0.419 e. The Labute approximate surface area is 203 Å². The molecule has 0 unspecified atom stereocenters. The van der Waals surface area contributed by atoms with Gasteiger partial charge in [0.25, 0.3) is 5.56 Å². The average Bonchev–Trinajstić information content (AvgIpc) is 2.85. The van der Waals surface area contributed by atoms with Gasteiger partial charge >= 0.3 is 6.18 Å². The number of anilines is 3. The smallest absolute Gasteiger partial charge is 0.419 e. The van der Waals surface area contributed by atoms with Crippen LogP contribution in [0.3, 0.4) is 0 Å². The number of nitrogens with one attached hydrogen (secondary N) is 2. The normalized spacial score (nSPS) is 15.1. The number of alkyl halides is 3. The van der Waals surface area contributed by atoms with Crippen LogP contribution in [0.4, 0.5) is 30.6 Å². The van der Waals surface area contributed by atoms with E-state index in [1.165, 1.54) is 16.0 Å². The van der Waals surface area contributed by atoms with Crippen molar-refractivity contribution in [3.63, 3.8) is 0 Å². The third-order valence-corrected chi connectivity index (χ3v) is 5.44. The SMILES string of the molecule is Cc1c(N[C@@H](C)COc2cccc(N3CCN(c4ncc(C(F)(F)F)cn4)CC3=O)n2)cn[nH]c1=O. The summed E-state index contributed by atoms with van der Waals surface area (Å²) in [6, 6.07) is 4.86. The molecule has 3 aromatic heterocycles.